The van der Waals surface area contributed by atoms with Crippen molar-refractivity contribution in [2.24, 2.45) is 11.7 Å². The Labute approximate surface area is 92.8 Å². The minimum Gasteiger partial charge on any atom is -0.353 e. The minimum absolute atomic E-state index is 0.123. The Morgan fingerprint density at radius 2 is 2.07 bits per heavy atom. The van der Waals surface area contributed by atoms with Crippen LogP contribution in [-0.4, -0.2) is 17.5 Å². The second kappa shape index (κ2) is 4.97. The maximum atomic E-state index is 11.7. The molecule has 1 fully saturated rings. The Kier molecular flexibility index (Phi) is 4.14. The van der Waals surface area contributed by atoms with Gasteiger partial charge in [-0.15, -0.1) is 0 Å². The molecular formula is C12H24N2O. The lowest BCUT2D eigenvalue weighted by molar-refractivity contribution is -0.124. The fraction of sp³-hybridized carbons (Fsp3) is 0.917. The Morgan fingerprint density at radius 3 is 2.40 bits per heavy atom. The highest BCUT2D eigenvalue weighted by molar-refractivity contribution is 5.77. The van der Waals surface area contributed by atoms with E-state index in [1.165, 1.54) is 6.42 Å². The fourth-order valence-corrected chi connectivity index (χ4v) is 2.13. The van der Waals surface area contributed by atoms with E-state index in [0.717, 1.165) is 19.3 Å². The van der Waals surface area contributed by atoms with Gasteiger partial charge in [-0.1, -0.05) is 20.8 Å². The van der Waals surface area contributed by atoms with Crippen LogP contribution in [0.5, 0.6) is 0 Å². The van der Waals surface area contributed by atoms with E-state index in [1.807, 2.05) is 0 Å². The Bertz CT molecular complexity index is 222. The first-order chi connectivity index (χ1) is 6.97. The number of hydrogen-bond donors (Lipinski definition) is 2. The molecule has 0 heterocycles. The summed E-state index contributed by atoms with van der Waals surface area (Å²) < 4.78 is 0. The zero-order valence-electron chi connectivity index (χ0n) is 10.2. The zero-order valence-corrected chi connectivity index (χ0v) is 10.2. The van der Waals surface area contributed by atoms with Crippen LogP contribution in [0.2, 0.25) is 0 Å². The highest BCUT2D eigenvalue weighted by atomic mass is 16.1. The average molecular weight is 212 g/mol. The third-order valence-electron chi connectivity index (χ3n) is 3.45. The molecule has 0 bridgehead atoms. The summed E-state index contributed by atoms with van der Waals surface area (Å²) >= 11 is 0. The largest absolute Gasteiger partial charge is 0.353 e. The number of carbonyl (C=O) groups is 1. The van der Waals surface area contributed by atoms with Gasteiger partial charge >= 0.3 is 0 Å². The van der Waals surface area contributed by atoms with Gasteiger partial charge in [0.15, 0.2) is 0 Å². The van der Waals surface area contributed by atoms with E-state index in [2.05, 4.69) is 26.1 Å². The molecule has 88 valence electrons. The van der Waals surface area contributed by atoms with Crippen molar-refractivity contribution < 1.29 is 4.79 Å². The smallest absolute Gasteiger partial charge is 0.222 e. The molecule has 15 heavy (non-hydrogen) atoms. The molecular weight excluding hydrogens is 188 g/mol. The predicted octanol–water partition coefficient (Wildman–Crippen LogP) is 1.81. The van der Waals surface area contributed by atoms with Crippen LogP contribution in [-0.2, 0) is 4.79 Å². The summed E-state index contributed by atoms with van der Waals surface area (Å²) in [4.78, 5) is 11.7. The summed E-state index contributed by atoms with van der Waals surface area (Å²) in [6, 6.07) is 0.293. The lowest BCUT2D eigenvalue weighted by atomic mass is 9.75. The van der Waals surface area contributed by atoms with Crippen LogP contribution in [0.25, 0.3) is 0 Å². The molecule has 0 aromatic rings. The predicted molar refractivity (Wildman–Crippen MR) is 62.4 cm³/mol. The Balaban J connectivity index is 2.34. The highest BCUT2D eigenvalue weighted by Gasteiger charge is 2.35. The third-order valence-corrected chi connectivity index (χ3v) is 3.45. The standard InChI is InChI=1S/C12H24N2O/c1-4-10(9(2)3)14-11(15)8-12(13)6-5-7-12/h9-10H,4-8,13H2,1-3H3,(H,14,15). The van der Waals surface area contributed by atoms with Crippen LogP contribution in [0.3, 0.4) is 0 Å². The summed E-state index contributed by atoms with van der Waals surface area (Å²) in [6.07, 6.45) is 4.65. The molecule has 1 aliphatic carbocycles. The number of amides is 1. The summed E-state index contributed by atoms with van der Waals surface area (Å²) in [5, 5.41) is 3.07. The second-order valence-electron chi connectivity index (χ2n) is 5.22. The number of carbonyl (C=O) groups excluding carboxylic acids is 1. The van der Waals surface area contributed by atoms with Crippen molar-refractivity contribution in [1.82, 2.24) is 5.32 Å². The van der Waals surface area contributed by atoms with Gasteiger partial charge in [-0.05, 0) is 31.6 Å². The van der Waals surface area contributed by atoms with Gasteiger partial charge in [-0.2, -0.15) is 0 Å². The highest BCUT2D eigenvalue weighted by Crippen LogP contribution is 2.32. The first kappa shape index (κ1) is 12.5. The molecule has 3 heteroatoms. The molecule has 0 aromatic carbocycles. The number of nitrogens with two attached hydrogens (primary N) is 1. The van der Waals surface area contributed by atoms with Crippen molar-refractivity contribution in [1.29, 1.82) is 0 Å². The lowest BCUT2D eigenvalue weighted by Gasteiger charge is -2.38. The van der Waals surface area contributed by atoms with E-state index in [1.54, 1.807) is 0 Å². The molecule has 0 aliphatic heterocycles. The average Bonchev–Trinajstić information content (AvgIpc) is 2.11. The topological polar surface area (TPSA) is 55.1 Å². The number of nitrogens with one attached hydrogen (secondary N) is 1. The van der Waals surface area contributed by atoms with Crippen LogP contribution in [0, 0.1) is 5.92 Å². The summed E-state index contributed by atoms with van der Waals surface area (Å²) in [6.45, 7) is 6.37. The van der Waals surface area contributed by atoms with E-state index in [0.29, 0.717) is 18.4 Å². The second-order valence-corrected chi connectivity index (χ2v) is 5.22. The van der Waals surface area contributed by atoms with Crippen LogP contribution in [0.15, 0.2) is 0 Å². The first-order valence-corrected chi connectivity index (χ1v) is 6.05. The molecule has 1 atom stereocenters. The first-order valence-electron chi connectivity index (χ1n) is 6.05. The van der Waals surface area contributed by atoms with Crippen LogP contribution < -0.4 is 11.1 Å². The molecule has 3 N–H and O–H groups in total. The van der Waals surface area contributed by atoms with Crippen molar-refractivity contribution in [3.63, 3.8) is 0 Å². The maximum absolute atomic E-state index is 11.7. The van der Waals surface area contributed by atoms with Crippen molar-refractivity contribution in [2.45, 2.75) is 64.5 Å². The van der Waals surface area contributed by atoms with Gasteiger partial charge in [0, 0.05) is 18.0 Å². The maximum Gasteiger partial charge on any atom is 0.222 e. The molecule has 0 aromatic heterocycles. The molecule has 1 unspecified atom stereocenters. The normalized spacial score (nSPS) is 20.9. The van der Waals surface area contributed by atoms with Gasteiger partial charge < -0.3 is 11.1 Å². The summed E-state index contributed by atoms with van der Waals surface area (Å²) in [5.74, 6) is 0.617. The van der Waals surface area contributed by atoms with Gasteiger partial charge in [0.05, 0.1) is 0 Å². The SMILES string of the molecule is CCC(NC(=O)CC1(N)CCC1)C(C)C. The van der Waals surface area contributed by atoms with Crippen molar-refractivity contribution in [3.8, 4) is 0 Å². The van der Waals surface area contributed by atoms with Gasteiger partial charge in [-0.3, -0.25) is 4.79 Å². The summed E-state index contributed by atoms with van der Waals surface area (Å²) in [7, 11) is 0. The molecule has 0 saturated heterocycles. The minimum atomic E-state index is -0.195. The van der Waals surface area contributed by atoms with Gasteiger partial charge in [0.25, 0.3) is 0 Å². The number of rotatable bonds is 5. The fourth-order valence-electron chi connectivity index (χ4n) is 2.13. The van der Waals surface area contributed by atoms with Crippen molar-refractivity contribution in [3.05, 3.63) is 0 Å². The molecule has 1 rings (SSSR count). The van der Waals surface area contributed by atoms with E-state index in [-0.39, 0.29) is 11.4 Å². The molecule has 1 saturated carbocycles. The number of hydrogen-bond acceptors (Lipinski definition) is 2. The van der Waals surface area contributed by atoms with Gasteiger partial charge in [0.1, 0.15) is 0 Å². The van der Waals surface area contributed by atoms with E-state index in [4.69, 9.17) is 5.73 Å². The third kappa shape index (κ3) is 3.49. The molecule has 1 aliphatic rings. The summed E-state index contributed by atoms with van der Waals surface area (Å²) in [5.41, 5.74) is 5.84. The van der Waals surface area contributed by atoms with E-state index < -0.39 is 0 Å². The van der Waals surface area contributed by atoms with Crippen LogP contribution in [0.4, 0.5) is 0 Å². The lowest BCUT2D eigenvalue weighted by Crippen LogP contribution is -2.51. The molecule has 3 nitrogen and oxygen atoms in total. The van der Waals surface area contributed by atoms with Crippen LogP contribution >= 0.6 is 0 Å². The Hall–Kier alpha value is -0.570. The Morgan fingerprint density at radius 1 is 1.47 bits per heavy atom. The molecule has 0 radical (unpaired) electrons. The quantitative estimate of drug-likeness (QED) is 0.730. The monoisotopic (exact) mass is 212 g/mol. The van der Waals surface area contributed by atoms with Gasteiger partial charge in [0.2, 0.25) is 5.91 Å². The van der Waals surface area contributed by atoms with E-state index in [9.17, 15) is 4.79 Å². The van der Waals surface area contributed by atoms with Crippen LogP contribution in [0.1, 0.15) is 52.9 Å². The van der Waals surface area contributed by atoms with Crippen molar-refractivity contribution in [2.75, 3.05) is 0 Å². The molecule has 1 amide bonds. The zero-order chi connectivity index (χ0) is 11.5. The van der Waals surface area contributed by atoms with Gasteiger partial charge in [-0.25, -0.2) is 0 Å². The van der Waals surface area contributed by atoms with E-state index >= 15 is 0 Å². The van der Waals surface area contributed by atoms with Crippen molar-refractivity contribution >= 4 is 5.91 Å². The molecule has 0 spiro atoms.